The molecule has 34 heavy (non-hydrogen) atoms. The van der Waals surface area contributed by atoms with Crippen LogP contribution in [-0.4, -0.2) is 32.0 Å². The molecule has 0 radical (unpaired) electrons. The molecule has 0 unspecified atom stereocenters. The van der Waals surface area contributed by atoms with E-state index in [0.717, 1.165) is 18.9 Å². The van der Waals surface area contributed by atoms with Crippen LogP contribution < -0.4 is 10.1 Å². The number of nitrogens with one attached hydrogen (secondary N) is 1. The fraction of sp³-hybridized carbons (Fsp3) is 0.458. The van der Waals surface area contributed by atoms with Crippen molar-refractivity contribution in [3.8, 4) is 5.75 Å². The SMILES string of the molecule is CC(C)c1ccc(OCn2ccc(C(=O)NCCCn3nc(C(F)(F)F)cc3C3CC3)n2)cc1. The number of amides is 1. The van der Waals surface area contributed by atoms with Gasteiger partial charge in [-0.1, -0.05) is 26.0 Å². The Morgan fingerprint density at radius 1 is 1.18 bits per heavy atom. The van der Waals surface area contributed by atoms with Crippen molar-refractivity contribution >= 4 is 5.91 Å². The Balaban J connectivity index is 1.23. The maximum absolute atomic E-state index is 13.0. The number of ether oxygens (including phenoxy) is 1. The van der Waals surface area contributed by atoms with Crippen LogP contribution in [0.2, 0.25) is 0 Å². The predicted octanol–water partition coefficient (Wildman–Crippen LogP) is 4.96. The first-order chi connectivity index (χ1) is 16.2. The summed E-state index contributed by atoms with van der Waals surface area (Å²) < 4.78 is 47.6. The molecule has 7 nitrogen and oxygen atoms in total. The van der Waals surface area contributed by atoms with Gasteiger partial charge in [0, 0.05) is 30.9 Å². The van der Waals surface area contributed by atoms with Crippen molar-refractivity contribution < 1.29 is 22.7 Å². The monoisotopic (exact) mass is 475 g/mol. The molecule has 2 aromatic heterocycles. The van der Waals surface area contributed by atoms with Crippen LogP contribution in [0.1, 0.15) is 72.4 Å². The quantitative estimate of drug-likeness (QED) is 0.421. The molecule has 0 saturated heterocycles. The molecule has 1 N–H and O–H groups in total. The Morgan fingerprint density at radius 3 is 2.56 bits per heavy atom. The molecular weight excluding hydrogens is 447 g/mol. The summed E-state index contributed by atoms with van der Waals surface area (Å²) >= 11 is 0. The zero-order valence-corrected chi connectivity index (χ0v) is 19.2. The van der Waals surface area contributed by atoms with Gasteiger partial charge in [0.1, 0.15) is 11.4 Å². The number of aromatic nitrogens is 4. The summed E-state index contributed by atoms with van der Waals surface area (Å²) in [6.07, 6.45) is -0.573. The van der Waals surface area contributed by atoms with Gasteiger partial charge < -0.3 is 10.1 Å². The van der Waals surface area contributed by atoms with Gasteiger partial charge in [-0.15, -0.1) is 0 Å². The first-order valence-electron chi connectivity index (χ1n) is 11.4. The molecule has 10 heteroatoms. The molecule has 182 valence electrons. The molecule has 3 aromatic rings. The third-order valence-electron chi connectivity index (χ3n) is 5.71. The van der Waals surface area contributed by atoms with E-state index >= 15 is 0 Å². The topological polar surface area (TPSA) is 74.0 Å². The predicted molar refractivity (Wildman–Crippen MR) is 120 cm³/mol. The number of hydrogen-bond acceptors (Lipinski definition) is 4. The average molecular weight is 476 g/mol. The van der Waals surface area contributed by atoms with E-state index < -0.39 is 11.9 Å². The normalized spacial score (nSPS) is 13.9. The lowest BCUT2D eigenvalue weighted by Crippen LogP contribution is -2.26. The average Bonchev–Trinajstić information content (AvgIpc) is 3.36. The number of halogens is 3. The summed E-state index contributed by atoms with van der Waals surface area (Å²) in [4.78, 5) is 12.4. The zero-order valence-electron chi connectivity index (χ0n) is 19.2. The van der Waals surface area contributed by atoms with Crippen molar-refractivity contribution in [1.29, 1.82) is 0 Å². The minimum absolute atomic E-state index is 0.150. The minimum atomic E-state index is -4.46. The molecule has 0 aliphatic heterocycles. The van der Waals surface area contributed by atoms with E-state index in [1.54, 1.807) is 12.3 Å². The fourth-order valence-corrected chi connectivity index (χ4v) is 3.62. The molecule has 2 heterocycles. The largest absolute Gasteiger partial charge is 0.471 e. The smallest absolute Gasteiger partial charge is 0.435 e. The van der Waals surface area contributed by atoms with Gasteiger partial charge in [-0.25, -0.2) is 4.68 Å². The van der Waals surface area contributed by atoms with Gasteiger partial charge in [0.15, 0.2) is 12.4 Å². The number of carbonyl (C=O) groups is 1. The van der Waals surface area contributed by atoms with Gasteiger partial charge in [-0.2, -0.15) is 23.4 Å². The number of hydrogen-bond donors (Lipinski definition) is 1. The van der Waals surface area contributed by atoms with Crippen molar-refractivity contribution in [2.45, 2.75) is 64.4 Å². The minimum Gasteiger partial charge on any atom is -0.471 e. The molecule has 1 aliphatic rings. The first kappa shape index (κ1) is 23.8. The second-order valence-electron chi connectivity index (χ2n) is 8.80. The van der Waals surface area contributed by atoms with Crippen molar-refractivity contribution in [3.63, 3.8) is 0 Å². The number of alkyl halides is 3. The van der Waals surface area contributed by atoms with Gasteiger partial charge in [-0.05, 0) is 55.0 Å². The fourth-order valence-electron chi connectivity index (χ4n) is 3.62. The molecule has 1 fully saturated rings. The lowest BCUT2D eigenvalue weighted by Gasteiger charge is -2.09. The van der Waals surface area contributed by atoms with E-state index in [1.807, 2.05) is 24.3 Å². The van der Waals surface area contributed by atoms with E-state index in [2.05, 4.69) is 29.4 Å². The highest BCUT2D eigenvalue weighted by Crippen LogP contribution is 2.42. The number of rotatable bonds is 10. The van der Waals surface area contributed by atoms with E-state index in [1.165, 1.54) is 14.9 Å². The molecular formula is C24H28F3N5O2. The van der Waals surface area contributed by atoms with Crippen molar-refractivity contribution in [1.82, 2.24) is 24.9 Å². The molecule has 1 amide bonds. The van der Waals surface area contributed by atoms with Crippen LogP contribution in [0.5, 0.6) is 5.75 Å². The second kappa shape index (κ2) is 9.90. The highest BCUT2D eigenvalue weighted by Gasteiger charge is 2.37. The number of benzene rings is 1. The Labute approximate surface area is 195 Å². The van der Waals surface area contributed by atoms with Gasteiger partial charge in [0.2, 0.25) is 0 Å². The molecule has 0 atom stereocenters. The van der Waals surface area contributed by atoms with E-state index in [4.69, 9.17) is 4.74 Å². The van der Waals surface area contributed by atoms with Crippen molar-refractivity contribution in [2.24, 2.45) is 0 Å². The summed E-state index contributed by atoms with van der Waals surface area (Å²) in [6, 6.07) is 10.6. The third-order valence-corrected chi connectivity index (χ3v) is 5.71. The van der Waals surface area contributed by atoms with Crippen molar-refractivity contribution in [3.05, 3.63) is 65.2 Å². The second-order valence-corrected chi connectivity index (χ2v) is 8.80. The molecule has 1 aliphatic carbocycles. The standard InChI is InChI=1S/C24H28F3N5O2/c1-16(2)17-6-8-19(9-7-17)34-15-31-13-10-20(29-31)23(33)28-11-3-12-32-21(18-4-5-18)14-22(30-32)24(25,26)27/h6-10,13-14,16,18H,3-5,11-12,15H2,1-2H3,(H,28,33). The van der Waals surface area contributed by atoms with Crippen LogP contribution in [-0.2, 0) is 19.5 Å². The maximum atomic E-state index is 13.0. The van der Waals surface area contributed by atoms with E-state index in [0.29, 0.717) is 36.9 Å². The third kappa shape index (κ3) is 5.98. The van der Waals surface area contributed by atoms with Gasteiger partial charge >= 0.3 is 6.18 Å². The van der Waals surface area contributed by atoms with Crippen LogP contribution in [0.3, 0.4) is 0 Å². The van der Waals surface area contributed by atoms with Crippen LogP contribution in [0.25, 0.3) is 0 Å². The lowest BCUT2D eigenvalue weighted by molar-refractivity contribution is -0.141. The molecule has 0 bridgehead atoms. The Kier molecular flexibility index (Phi) is 6.95. The van der Waals surface area contributed by atoms with Gasteiger partial charge in [-0.3, -0.25) is 9.48 Å². The summed E-state index contributed by atoms with van der Waals surface area (Å²) in [5.41, 5.74) is 1.23. The summed E-state index contributed by atoms with van der Waals surface area (Å²) in [7, 11) is 0. The Bertz CT molecular complexity index is 1110. The summed E-state index contributed by atoms with van der Waals surface area (Å²) in [6.45, 7) is 5.02. The molecule has 4 rings (SSSR count). The summed E-state index contributed by atoms with van der Waals surface area (Å²) in [5, 5.41) is 10.7. The van der Waals surface area contributed by atoms with Crippen LogP contribution in [0, 0.1) is 0 Å². The first-order valence-corrected chi connectivity index (χ1v) is 11.4. The van der Waals surface area contributed by atoms with Crippen LogP contribution in [0.15, 0.2) is 42.6 Å². The molecule has 0 spiro atoms. The van der Waals surface area contributed by atoms with E-state index in [9.17, 15) is 18.0 Å². The van der Waals surface area contributed by atoms with Crippen molar-refractivity contribution in [2.75, 3.05) is 6.54 Å². The number of carbonyl (C=O) groups excluding carboxylic acids is 1. The maximum Gasteiger partial charge on any atom is 0.435 e. The van der Waals surface area contributed by atoms with E-state index in [-0.39, 0.29) is 24.2 Å². The molecule has 1 saturated carbocycles. The van der Waals surface area contributed by atoms with Crippen LogP contribution in [0.4, 0.5) is 13.2 Å². The summed E-state index contributed by atoms with van der Waals surface area (Å²) in [5.74, 6) is 0.957. The highest BCUT2D eigenvalue weighted by atomic mass is 19.4. The Morgan fingerprint density at radius 2 is 1.91 bits per heavy atom. The van der Waals surface area contributed by atoms with Gasteiger partial charge in [0.05, 0.1) is 0 Å². The number of nitrogens with zero attached hydrogens (tertiary/aromatic N) is 4. The number of aryl methyl sites for hydroxylation is 1. The molecule has 1 aromatic carbocycles. The highest BCUT2D eigenvalue weighted by molar-refractivity contribution is 5.92. The van der Waals surface area contributed by atoms with Gasteiger partial charge in [0.25, 0.3) is 5.91 Å². The Hall–Kier alpha value is -3.30. The van der Waals surface area contributed by atoms with Crippen LogP contribution >= 0.6 is 0 Å². The zero-order chi connectivity index (χ0) is 24.3. The lowest BCUT2D eigenvalue weighted by atomic mass is 10.0.